The van der Waals surface area contributed by atoms with Gasteiger partial charge in [-0.1, -0.05) is 29.8 Å². The van der Waals surface area contributed by atoms with Gasteiger partial charge in [-0.3, -0.25) is 4.79 Å². The predicted octanol–water partition coefficient (Wildman–Crippen LogP) is 5.16. The Morgan fingerprint density at radius 1 is 1.10 bits per heavy atom. The van der Waals surface area contributed by atoms with Crippen molar-refractivity contribution in [2.24, 2.45) is 0 Å². The SMILES string of the molecule is COc1ccc(-c2cc(NC(=O)CCl)n(-c3nc(-c4ccc(C)cc4)cs3)n2)cc1. The molecular formula is C22H19ClN4O2S. The molecule has 2 aromatic heterocycles. The Morgan fingerprint density at radius 2 is 1.77 bits per heavy atom. The number of methoxy groups -OCH3 is 1. The van der Waals surface area contributed by atoms with Gasteiger partial charge in [0.2, 0.25) is 11.0 Å². The van der Waals surface area contributed by atoms with Crippen molar-refractivity contribution in [2.45, 2.75) is 6.92 Å². The van der Waals surface area contributed by atoms with Crippen molar-refractivity contribution < 1.29 is 9.53 Å². The van der Waals surface area contributed by atoms with Crippen molar-refractivity contribution in [2.75, 3.05) is 18.3 Å². The van der Waals surface area contributed by atoms with Gasteiger partial charge in [-0.15, -0.1) is 22.9 Å². The van der Waals surface area contributed by atoms with Crippen LogP contribution in [0, 0.1) is 6.92 Å². The molecule has 4 rings (SSSR count). The highest BCUT2D eigenvalue weighted by Gasteiger charge is 2.16. The van der Waals surface area contributed by atoms with Gasteiger partial charge in [-0.2, -0.15) is 9.78 Å². The standard InChI is InChI=1S/C22H19ClN4O2S/c1-14-3-5-16(6-4-14)19-13-30-22(24-19)27-20(25-21(28)12-23)11-18(26-27)15-7-9-17(29-2)10-8-15/h3-11,13H,12H2,1-2H3,(H,25,28). The number of anilines is 1. The molecule has 6 nitrogen and oxygen atoms in total. The first kappa shape index (κ1) is 20.1. The van der Waals surface area contributed by atoms with Crippen LogP contribution in [-0.2, 0) is 4.79 Å². The molecule has 30 heavy (non-hydrogen) atoms. The van der Waals surface area contributed by atoms with Gasteiger partial charge in [0.25, 0.3) is 0 Å². The number of benzene rings is 2. The Bertz CT molecular complexity index is 1170. The van der Waals surface area contributed by atoms with Crippen LogP contribution in [0.5, 0.6) is 5.75 Å². The highest BCUT2D eigenvalue weighted by atomic mass is 35.5. The molecule has 2 aromatic carbocycles. The molecule has 0 unspecified atom stereocenters. The zero-order valence-corrected chi connectivity index (χ0v) is 18.0. The first-order valence-corrected chi connectivity index (χ1v) is 10.6. The maximum absolute atomic E-state index is 11.9. The number of aryl methyl sites for hydroxylation is 1. The molecule has 2 heterocycles. The van der Waals surface area contributed by atoms with Gasteiger partial charge in [0, 0.05) is 22.6 Å². The summed E-state index contributed by atoms with van der Waals surface area (Å²) in [4.78, 5) is 16.7. The van der Waals surface area contributed by atoms with Crippen LogP contribution in [-0.4, -0.2) is 33.7 Å². The number of carbonyl (C=O) groups excluding carboxylic acids is 1. The molecule has 0 saturated heterocycles. The van der Waals surface area contributed by atoms with Crippen molar-refractivity contribution in [3.8, 4) is 33.4 Å². The third-order valence-electron chi connectivity index (χ3n) is 4.50. The quantitative estimate of drug-likeness (QED) is 0.422. The lowest BCUT2D eigenvalue weighted by Crippen LogP contribution is -2.15. The zero-order chi connectivity index (χ0) is 21.1. The normalized spacial score (nSPS) is 10.8. The van der Waals surface area contributed by atoms with E-state index in [2.05, 4.69) is 22.5 Å². The number of hydrogen-bond donors (Lipinski definition) is 1. The molecule has 0 bridgehead atoms. The number of rotatable bonds is 6. The lowest BCUT2D eigenvalue weighted by molar-refractivity contribution is -0.114. The Morgan fingerprint density at radius 3 is 2.43 bits per heavy atom. The third kappa shape index (κ3) is 4.22. The maximum Gasteiger partial charge on any atom is 0.240 e. The summed E-state index contributed by atoms with van der Waals surface area (Å²) in [6.07, 6.45) is 0. The zero-order valence-electron chi connectivity index (χ0n) is 16.4. The van der Waals surface area contributed by atoms with E-state index < -0.39 is 0 Å². The fourth-order valence-corrected chi connectivity index (χ4v) is 3.78. The molecule has 8 heteroatoms. The number of nitrogens with zero attached hydrogens (tertiary/aromatic N) is 3. The van der Waals surface area contributed by atoms with Crippen LogP contribution in [0.2, 0.25) is 0 Å². The molecule has 0 atom stereocenters. The minimum absolute atomic E-state index is 0.143. The van der Waals surface area contributed by atoms with Crippen LogP contribution in [0.1, 0.15) is 5.56 Å². The molecule has 0 radical (unpaired) electrons. The van der Waals surface area contributed by atoms with Crippen molar-refractivity contribution in [3.05, 3.63) is 65.5 Å². The molecule has 1 N–H and O–H groups in total. The summed E-state index contributed by atoms with van der Waals surface area (Å²) in [7, 11) is 1.62. The predicted molar refractivity (Wildman–Crippen MR) is 121 cm³/mol. The minimum Gasteiger partial charge on any atom is -0.497 e. The van der Waals surface area contributed by atoms with Crippen LogP contribution in [0.15, 0.2) is 60.0 Å². The number of halogens is 1. The Balaban J connectivity index is 1.73. The molecule has 0 spiro atoms. The van der Waals surface area contributed by atoms with E-state index in [0.29, 0.717) is 16.6 Å². The maximum atomic E-state index is 11.9. The van der Waals surface area contributed by atoms with E-state index in [1.165, 1.54) is 16.9 Å². The van der Waals surface area contributed by atoms with Crippen molar-refractivity contribution in [1.29, 1.82) is 0 Å². The van der Waals surface area contributed by atoms with Crippen LogP contribution >= 0.6 is 22.9 Å². The van der Waals surface area contributed by atoms with Crippen LogP contribution in [0.25, 0.3) is 27.6 Å². The number of hydrogen-bond acceptors (Lipinski definition) is 5. The summed E-state index contributed by atoms with van der Waals surface area (Å²) in [6, 6.07) is 17.5. The van der Waals surface area contributed by atoms with Gasteiger partial charge in [0.1, 0.15) is 17.4 Å². The van der Waals surface area contributed by atoms with Gasteiger partial charge >= 0.3 is 0 Å². The lowest BCUT2D eigenvalue weighted by Gasteiger charge is -2.04. The molecule has 4 aromatic rings. The summed E-state index contributed by atoms with van der Waals surface area (Å²) in [6.45, 7) is 2.05. The second kappa shape index (κ2) is 8.69. The van der Waals surface area contributed by atoms with Crippen LogP contribution in [0.3, 0.4) is 0 Å². The summed E-state index contributed by atoms with van der Waals surface area (Å²) < 4.78 is 6.85. The highest BCUT2D eigenvalue weighted by molar-refractivity contribution is 7.12. The van der Waals surface area contributed by atoms with Crippen LogP contribution in [0.4, 0.5) is 5.82 Å². The van der Waals surface area contributed by atoms with Gasteiger partial charge in [0.15, 0.2) is 0 Å². The van der Waals surface area contributed by atoms with E-state index >= 15 is 0 Å². The van der Waals surface area contributed by atoms with Crippen LogP contribution < -0.4 is 10.1 Å². The third-order valence-corrected chi connectivity index (χ3v) is 5.56. The number of aromatic nitrogens is 3. The second-order valence-corrected chi connectivity index (χ2v) is 7.72. The number of thiazole rings is 1. The van der Waals surface area contributed by atoms with Crippen molar-refractivity contribution in [1.82, 2.24) is 14.8 Å². The largest absolute Gasteiger partial charge is 0.497 e. The van der Waals surface area contributed by atoms with Crippen molar-refractivity contribution in [3.63, 3.8) is 0 Å². The van der Waals surface area contributed by atoms with Gasteiger partial charge in [0.05, 0.1) is 18.5 Å². The van der Waals surface area contributed by atoms with E-state index in [9.17, 15) is 4.79 Å². The Kier molecular flexibility index (Phi) is 5.83. The fourth-order valence-electron chi connectivity index (χ4n) is 2.91. The summed E-state index contributed by atoms with van der Waals surface area (Å²) >= 11 is 7.14. The molecular weight excluding hydrogens is 420 g/mol. The summed E-state index contributed by atoms with van der Waals surface area (Å²) in [5.74, 6) is 0.817. The first-order chi connectivity index (χ1) is 14.6. The lowest BCUT2D eigenvalue weighted by atomic mass is 10.1. The molecule has 0 aliphatic carbocycles. The van der Waals surface area contributed by atoms with Gasteiger partial charge < -0.3 is 10.1 Å². The number of ether oxygens (including phenoxy) is 1. The second-order valence-electron chi connectivity index (χ2n) is 6.62. The van der Waals surface area contributed by atoms with E-state index in [0.717, 1.165) is 22.6 Å². The molecule has 0 saturated carbocycles. The number of amides is 1. The van der Waals surface area contributed by atoms with Crippen molar-refractivity contribution >= 4 is 34.7 Å². The topological polar surface area (TPSA) is 69.0 Å². The molecule has 0 fully saturated rings. The van der Waals surface area contributed by atoms with E-state index in [4.69, 9.17) is 21.3 Å². The minimum atomic E-state index is -0.311. The van der Waals surface area contributed by atoms with E-state index in [1.54, 1.807) is 17.9 Å². The summed E-state index contributed by atoms with van der Waals surface area (Å²) in [5.41, 5.74) is 4.67. The molecule has 0 aliphatic heterocycles. The highest BCUT2D eigenvalue weighted by Crippen LogP contribution is 2.30. The fraction of sp³-hybridized carbons (Fsp3) is 0.136. The number of nitrogens with one attached hydrogen (secondary N) is 1. The van der Waals surface area contributed by atoms with Gasteiger partial charge in [-0.05, 0) is 31.2 Å². The first-order valence-electron chi connectivity index (χ1n) is 9.20. The molecule has 152 valence electrons. The average Bonchev–Trinajstić information content (AvgIpc) is 3.41. The smallest absolute Gasteiger partial charge is 0.240 e. The Labute approximate surface area is 183 Å². The summed E-state index contributed by atoms with van der Waals surface area (Å²) in [5, 5.41) is 10.1. The monoisotopic (exact) mass is 438 g/mol. The van der Waals surface area contributed by atoms with E-state index in [1.807, 2.05) is 48.7 Å². The molecule has 1 amide bonds. The molecule has 0 aliphatic rings. The number of carbonyl (C=O) groups is 1. The average molecular weight is 439 g/mol. The number of alkyl halides is 1. The van der Waals surface area contributed by atoms with Gasteiger partial charge in [-0.25, -0.2) is 4.98 Å². The Hall–Kier alpha value is -3.16. The van der Waals surface area contributed by atoms with E-state index in [-0.39, 0.29) is 11.8 Å².